The van der Waals surface area contributed by atoms with Crippen LogP contribution >= 0.6 is 0 Å². The zero-order chi connectivity index (χ0) is 24.1. The van der Waals surface area contributed by atoms with E-state index in [1.807, 2.05) is 60.4 Å². The van der Waals surface area contributed by atoms with Gasteiger partial charge in [-0.15, -0.1) is 0 Å². The highest BCUT2D eigenvalue weighted by Gasteiger charge is 2.33. The van der Waals surface area contributed by atoms with Crippen molar-refractivity contribution in [3.8, 4) is 5.75 Å². The van der Waals surface area contributed by atoms with Crippen LogP contribution in [0.1, 0.15) is 58.9 Å². The third kappa shape index (κ3) is 5.14. The Morgan fingerprint density at radius 1 is 1.06 bits per heavy atom. The van der Waals surface area contributed by atoms with Gasteiger partial charge in [-0.2, -0.15) is 0 Å². The first-order chi connectivity index (χ1) is 16.5. The largest absolute Gasteiger partial charge is 0.481 e. The molecule has 0 saturated carbocycles. The molecule has 1 heterocycles. The molecule has 0 aromatic heterocycles. The second-order valence-corrected chi connectivity index (χ2v) is 8.84. The molecule has 2 atom stereocenters. The van der Waals surface area contributed by atoms with E-state index < -0.39 is 6.10 Å². The first-order valence-electron chi connectivity index (χ1n) is 12.0. The van der Waals surface area contributed by atoms with Crippen LogP contribution < -0.4 is 10.1 Å². The Balaban J connectivity index is 1.70. The standard InChI is InChI=1S/C29H32N2O3/c1-4-16-30-28(32)21(3)34-25-14-13-22-15-17-31(29(33)23-10-6-5-7-11-23)27(26(22)19-25)24-12-8-9-20(2)18-24/h5-14,18-19,21,27H,4,15-17H2,1-3H3,(H,30,32)/t21-,27+/m0/s1. The van der Waals surface area contributed by atoms with Crippen molar-refractivity contribution in [3.63, 3.8) is 0 Å². The highest BCUT2D eigenvalue weighted by atomic mass is 16.5. The van der Waals surface area contributed by atoms with Crippen LogP contribution in [0.25, 0.3) is 0 Å². The molecule has 0 spiro atoms. The summed E-state index contributed by atoms with van der Waals surface area (Å²) >= 11 is 0. The molecule has 1 N–H and O–H groups in total. The zero-order valence-corrected chi connectivity index (χ0v) is 20.1. The van der Waals surface area contributed by atoms with Gasteiger partial charge in [-0.25, -0.2) is 0 Å². The predicted molar refractivity (Wildman–Crippen MR) is 134 cm³/mol. The van der Waals surface area contributed by atoms with Crippen molar-refractivity contribution in [2.45, 2.75) is 45.8 Å². The van der Waals surface area contributed by atoms with Crippen LogP contribution in [-0.4, -0.2) is 35.9 Å². The summed E-state index contributed by atoms with van der Waals surface area (Å²) in [5.74, 6) is 0.511. The van der Waals surface area contributed by atoms with Gasteiger partial charge < -0.3 is 15.0 Å². The second kappa shape index (κ2) is 10.6. The minimum atomic E-state index is -0.604. The molecule has 34 heavy (non-hydrogen) atoms. The molecule has 5 heteroatoms. The van der Waals surface area contributed by atoms with E-state index in [4.69, 9.17) is 4.74 Å². The van der Waals surface area contributed by atoms with Crippen LogP contribution in [0.5, 0.6) is 5.75 Å². The smallest absolute Gasteiger partial charge is 0.260 e. The average molecular weight is 457 g/mol. The number of ether oxygens (including phenoxy) is 1. The van der Waals surface area contributed by atoms with Crippen LogP contribution in [-0.2, 0) is 11.2 Å². The molecule has 0 fully saturated rings. The summed E-state index contributed by atoms with van der Waals surface area (Å²) in [6, 6.07) is 23.5. The Kier molecular flexibility index (Phi) is 7.31. The first-order valence-corrected chi connectivity index (χ1v) is 12.0. The zero-order valence-electron chi connectivity index (χ0n) is 20.1. The molecule has 2 amide bonds. The number of hydrogen-bond acceptors (Lipinski definition) is 3. The summed E-state index contributed by atoms with van der Waals surface area (Å²) in [5.41, 5.74) is 5.12. The molecular weight excluding hydrogens is 424 g/mol. The third-order valence-corrected chi connectivity index (χ3v) is 6.22. The summed E-state index contributed by atoms with van der Waals surface area (Å²) in [4.78, 5) is 27.9. The van der Waals surface area contributed by atoms with Crippen molar-refractivity contribution in [1.29, 1.82) is 0 Å². The minimum Gasteiger partial charge on any atom is -0.481 e. The van der Waals surface area contributed by atoms with E-state index in [0.717, 1.165) is 29.5 Å². The quantitative estimate of drug-likeness (QED) is 0.540. The van der Waals surface area contributed by atoms with Crippen molar-refractivity contribution in [2.24, 2.45) is 0 Å². The lowest BCUT2D eigenvalue weighted by atomic mass is 9.87. The van der Waals surface area contributed by atoms with Crippen LogP contribution in [0.3, 0.4) is 0 Å². The van der Waals surface area contributed by atoms with Crippen LogP contribution in [0, 0.1) is 6.92 Å². The number of carbonyl (C=O) groups excluding carboxylic acids is 2. The van der Waals surface area contributed by atoms with Crippen molar-refractivity contribution in [2.75, 3.05) is 13.1 Å². The molecule has 0 radical (unpaired) electrons. The van der Waals surface area contributed by atoms with Gasteiger partial charge in [-0.05, 0) is 67.6 Å². The Labute approximate surface area is 201 Å². The van der Waals surface area contributed by atoms with Gasteiger partial charge in [0, 0.05) is 18.7 Å². The minimum absolute atomic E-state index is 0.0105. The lowest BCUT2D eigenvalue weighted by Crippen LogP contribution is -2.40. The van der Waals surface area contributed by atoms with E-state index in [1.165, 1.54) is 5.56 Å². The van der Waals surface area contributed by atoms with E-state index in [2.05, 4.69) is 36.5 Å². The molecule has 1 aliphatic heterocycles. The lowest BCUT2D eigenvalue weighted by molar-refractivity contribution is -0.127. The first kappa shape index (κ1) is 23.6. The summed E-state index contributed by atoms with van der Waals surface area (Å²) < 4.78 is 6.01. The number of nitrogens with one attached hydrogen (secondary N) is 1. The number of hydrogen-bond donors (Lipinski definition) is 1. The van der Waals surface area contributed by atoms with Gasteiger partial charge in [0.2, 0.25) is 0 Å². The summed E-state index contributed by atoms with van der Waals surface area (Å²) in [6.07, 6.45) is 1.04. The van der Waals surface area contributed by atoms with E-state index in [0.29, 0.717) is 24.4 Å². The van der Waals surface area contributed by atoms with Gasteiger partial charge in [-0.3, -0.25) is 9.59 Å². The fraction of sp³-hybridized carbons (Fsp3) is 0.310. The number of rotatable bonds is 7. The highest BCUT2D eigenvalue weighted by molar-refractivity contribution is 5.95. The average Bonchev–Trinajstić information content (AvgIpc) is 2.86. The maximum atomic E-state index is 13.6. The van der Waals surface area contributed by atoms with E-state index >= 15 is 0 Å². The van der Waals surface area contributed by atoms with E-state index in [-0.39, 0.29) is 17.9 Å². The lowest BCUT2D eigenvalue weighted by Gasteiger charge is -2.38. The maximum Gasteiger partial charge on any atom is 0.260 e. The molecule has 0 unspecified atom stereocenters. The monoisotopic (exact) mass is 456 g/mol. The maximum absolute atomic E-state index is 13.6. The summed E-state index contributed by atoms with van der Waals surface area (Å²) in [7, 11) is 0. The third-order valence-electron chi connectivity index (χ3n) is 6.22. The molecule has 3 aromatic carbocycles. The number of fused-ring (bicyclic) bond motifs is 1. The number of benzene rings is 3. The van der Waals surface area contributed by atoms with Crippen LogP contribution in [0.2, 0.25) is 0 Å². The Morgan fingerprint density at radius 3 is 2.59 bits per heavy atom. The van der Waals surface area contributed by atoms with Crippen molar-refractivity contribution >= 4 is 11.8 Å². The fourth-order valence-electron chi connectivity index (χ4n) is 4.48. The molecule has 1 aliphatic rings. The number of nitrogens with zero attached hydrogens (tertiary/aromatic N) is 1. The summed E-state index contributed by atoms with van der Waals surface area (Å²) in [6.45, 7) is 7.10. The van der Waals surface area contributed by atoms with Gasteiger partial charge in [0.15, 0.2) is 6.10 Å². The molecule has 0 aliphatic carbocycles. The van der Waals surface area contributed by atoms with Gasteiger partial charge >= 0.3 is 0 Å². The molecule has 176 valence electrons. The number of aryl methyl sites for hydroxylation is 1. The molecule has 3 aromatic rings. The topological polar surface area (TPSA) is 58.6 Å². The van der Waals surface area contributed by atoms with Crippen molar-refractivity contribution < 1.29 is 14.3 Å². The van der Waals surface area contributed by atoms with Crippen LogP contribution in [0.15, 0.2) is 72.8 Å². The number of amides is 2. The van der Waals surface area contributed by atoms with Gasteiger partial charge in [0.1, 0.15) is 5.75 Å². The number of carbonyl (C=O) groups is 2. The highest BCUT2D eigenvalue weighted by Crippen LogP contribution is 2.38. The molecular formula is C29H32N2O3. The molecule has 0 bridgehead atoms. The summed E-state index contributed by atoms with van der Waals surface area (Å²) in [5, 5.41) is 2.88. The molecule has 0 saturated heterocycles. The van der Waals surface area contributed by atoms with E-state index in [9.17, 15) is 9.59 Å². The van der Waals surface area contributed by atoms with Crippen LogP contribution in [0.4, 0.5) is 0 Å². The predicted octanol–water partition coefficient (Wildman–Crippen LogP) is 5.08. The van der Waals surface area contributed by atoms with Crippen molar-refractivity contribution in [3.05, 3.63) is 101 Å². The molecule has 5 nitrogen and oxygen atoms in total. The Hall–Kier alpha value is -3.60. The molecule has 4 rings (SSSR count). The Morgan fingerprint density at radius 2 is 1.85 bits per heavy atom. The van der Waals surface area contributed by atoms with Gasteiger partial charge in [-0.1, -0.05) is 61.0 Å². The normalized spacial score (nSPS) is 15.9. The van der Waals surface area contributed by atoms with Gasteiger partial charge in [0.05, 0.1) is 6.04 Å². The second-order valence-electron chi connectivity index (χ2n) is 8.84. The van der Waals surface area contributed by atoms with Crippen molar-refractivity contribution in [1.82, 2.24) is 10.2 Å². The van der Waals surface area contributed by atoms with E-state index in [1.54, 1.807) is 6.92 Å². The fourth-order valence-corrected chi connectivity index (χ4v) is 4.48. The van der Waals surface area contributed by atoms with Gasteiger partial charge in [0.25, 0.3) is 11.8 Å². The SMILES string of the molecule is CCCNC(=O)[C@H](C)Oc1ccc2c(c1)[C@@H](c1cccc(C)c1)N(C(=O)c1ccccc1)CC2. The Bertz CT molecular complexity index is 1160.